The SMILES string of the molecule is Cc1cc(C(F)(F)F)ccc1C(NN)C1C2CCCC21. The molecule has 2 nitrogen and oxygen atoms in total. The van der Waals surface area contributed by atoms with Crippen molar-refractivity contribution in [3.8, 4) is 0 Å². The van der Waals surface area contributed by atoms with Crippen molar-refractivity contribution in [2.45, 2.75) is 38.4 Å². The van der Waals surface area contributed by atoms with Crippen molar-refractivity contribution in [2.75, 3.05) is 0 Å². The third-order valence-electron chi connectivity index (χ3n) is 4.97. The van der Waals surface area contributed by atoms with Gasteiger partial charge in [-0.3, -0.25) is 11.3 Å². The predicted molar refractivity (Wildman–Crippen MR) is 70.6 cm³/mol. The number of benzene rings is 1. The third-order valence-corrected chi connectivity index (χ3v) is 4.97. The molecule has 0 radical (unpaired) electrons. The number of nitrogens with two attached hydrogens (primary N) is 1. The van der Waals surface area contributed by atoms with Crippen molar-refractivity contribution in [3.05, 3.63) is 34.9 Å². The van der Waals surface area contributed by atoms with Gasteiger partial charge in [-0.25, -0.2) is 0 Å². The average Bonchev–Trinajstić information content (AvgIpc) is 2.83. The summed E-state index contributed by atoms with van der Waals surface area (Å²) in [5.41, 5.74) is 3.80. The van der Waals surface area contributed by atoms with E-state index in [2.05, 4.69) is 5.43 Å². The molecule has 3 atom stereocenters. The van der Waals surface area contributed by atoms with Gasteiger partial charge >= 0.3 is 6.18 Å². The van der Waals surface area contributed by atoms with E-state index in [-0.39, 0.29) is 6.04 Å². The van der Waals surface area contributed by atoms with Crippen LogP contribution in [0.2, 0.25) is 0 Å². The smallest absolute Gasteiger partial charge is 0.271 e. The largest absolute Gasteiger partial charge is 0.416 e. The summed E-state index contributed by atoms with van der Waals surface area (Å²) in [5, 5.41) is 0. The third kappa shape index (κ3) is 2.23. The lowest BCUT2D eigenvalue weighted by Crippen LogP contribution is -2.31. The summed E-state index contributed by atoms with van der Waals surface area (Å²) < 4.78 is 38.1. The summed E-state index contributed by atoms with van der Waals surface area (Å²) >= 11 is 0. The number of aryl methyl sites for hydroxylation is 1. The molecule has 5 heteroatoms. The van der Waals surface area contributed by atoms with E-state index in [1.807, 2.05) is 0 Å². The Morgan fingerprint density at radius 2 is 1.90 bits per heavy atom. The van der Waals surface area contributed by atoms with Crippen molar-refractivity contribution in [3.63, 3.8) is 0 Å². The van der Waals surface area contributed by atoms with Crippen LogP contribution in [-0.2, 0) is 6.18 Å². The van der Waals surface area contributed by atoms with Crippen LogP contribution in [0.3, 0.4) is 0 Å². The summed E-state index contributed by atoms with van der Waals surface area (Å²) in [6.07, 6.45) is -0.555. The van der Waals surface area contributed by atoms with Crippen molar-refractivity contribution >= 4 is 0 Å². The van der Waals surface area contributed by atoms with Crippen LogP contribution in [0.5, 0.6) is 0 Å². The molecule has 0 aliphatic heterocycles. The van der Waals surface area contributed by atoms with Gasteiger partial charge in [-0.05, 0) is 60.8 Å². The van der Waals surface area contributed by atoms with Crippen LogP contribution in [0, 0.1) is 24.7 Å². The minimum Gasteiger partial charge on any atom is -0.271 e. The van der Waals surface area contributed by atoms with Crippen LogP contribution in [0.15, 0.2) is 18.2 Å². The fourth-order valence-electron chi connectivity index (χ4n) is 3.98. The molecular formula is C15H19F3N2. The van der Waals surface area contributed by atoms with E-state index < -0.39 is 11.7 Å². The van der Waals surface area contributed by atoms with Crippen molar-refractivity contribution in [1.82, 2.24) is 5.43 Å². The quantitative estimate of drug-likeness (QED) is 0.658. The van der Waals surface area contributed by atoms with Gasteiger partial charge in [0.2, 0.25) is 0 Å². The predicted octanol–water partition coefficient (Wildman–Crippen LogP) is 3.56. The Balaban J connectivity index is 1.85. The average molecular weight is 284 g/mol. The molecule has 3 N–H and O–H groups in total. The lowest BCUT2D eigenvalue weighted by Gasteiger charge is -2.21. The molecule has 2 saturated carbocycles. The molecule has 2 fully saturated rings. The first-order valence-corrected chi connectivity index (χ1v) is 7.07. The number of alkyl halides is 3. The molecule has 3 unspecified atom stereocenters. The first-order chi connectivity index (χ1) is 9.43. The summed E-state index contributed by atoms with van der Waals surface area (Å²) in [4.78, 5) is 0. The van der Waals surface area contributed by atoms with Gasteiger partial charge in [0.1, 0.15) is 0 Å². The van der Waals surface area contributed by atoms with E-state index in [0.717, 1.165) is 11.6 Å². The van der Waals surface area contributed by atoms with Gasteiger partial charge in [0, 0.05) is 6.04 Å². The second kappa shape index (κ2) is 4.74. The number of hydrogen-bond acceptors (Lipinski definition) is 2. The molecule has 2 aliphatic carbocycles. The van der Waals surface area contributed by atoms with Crippen molar-refractivity contribution in [1.29, 1.82) is 0 Å². The summed E-state index contributed by atoms with van der Waals surface area (Å²) in [6.45, 7) is 1.73. The van der Waals surface area contributed by atoms with Crippen LogP contribution in [0.25, 0.3) is 0 Å². The maximum Gasteiger partial charge on any atom is 0.416 e. The molecule has 0 bridgehead atoms. The zero-order valence-corrected chi connectivity index (χ0v) is 11.4. The number of rotatable bonds is 3. The van der Waals surface area contributed by atoms with Crippen LogP contribution in [-0.4, -0.2) is 0 Å². The molecule has 0 heterocycles. The molecule has 3 rings (SSSR count). The zero-order chi connectivity index (χ0) is 14.5. The maximum absolute atomic E-state index is 12.7. The van der Waals surface area contributed by atoms with E-state index in [9.17, 15) is 13.2 Å². The van der Waals surface area contributed by atoms with Crippen LogP contribution in [0.1, 0.15) is 42.0 Å². The minimum absolute atomic E-state index is 0.0208. The summed E-state index contributed by atoms with van der Waals surface area (Å²) in [7, 11) is 0. The number of hydrazine groups is 1. The summed E-state index contributed by atoms with van der Waals surface area (Å²) in [5.74, 6) is 7.57. The molecule has 0 aromatic heterocycles. The fourth-order valence-corrected chi connectivity index (χ4v) is 3.98. The van der Waals surface area contributed by atoms with E-state index in [0.29, 0.717) is 23.3 Å². The Kier molecular flexibility index (Phi) is 3.29. The molecule has 0 saturated heterocycles. The highest BCUT2D eigenvalue weighted by Gasteiger charge is 2.56. The van der Waals surface area contributed by atoms with Gasteiger partial charge in [-0.1, -0.05) is 12.5 Å². The van der Waals surface area contributed by atoms with Crippen molar-refractivity contribution in [2.24, 2.45) is 23.6 Å². The Hall–Kier alpha value is -1.07. The number of nitrogens with one attached hydrogen (secondary N) is 1. The van der Waals surface area contributed by atoms with Crippen molar-refractivity contribution < 1.29 is 13.2 Å². The highest BCUT2D eigenvalue weighted by Crippen LogP contribution is 2.62. The standard InChI is InChI=1S/C15H19F3N2/c1-8-7-9(15(16,17)18)5-6-10(8)14(20-19)13-11-3-2-4-12(11)13/h5-7,11-14,20H,2-4,19H2,1H3. The highest BCUT2D eigenvalue weighted by molar-refractivity contribution is 5.36. The lowest BCUT2D eigenvalue weighted by molar-refractivity contribution is -0.137. The molecule has 2 aliphatic rings. The Morgan fingerprint density at radius 1 is 1.25 bits per heavy atom. The Morgan fingerprint density at radius 3 is 2.40 bits per heavy atom. The van der Waals surface area contributed by atoms with Gasteiger partial charge in [-0.15, -0.1) is 0 Å². The van der Waals surface area contributed by atoms with E-state index >= 15 is 0 Å². The minimum atomic E-state index is -4.29. The van der Waals surface area contributed by atoms with Gasteiger partial charge in [0.15, 0.2) is 0 Å². The Labute approximate surface area is 116 Å². The van der Waals surface area contributed by atoms with Gasteiger partial charge in [-0.2, -0.15) is 13.2 Å². The fraction of sp³-hybridized carbons (Fsp3) is 0.600. The van der Waals surface area contributed by atoms with Crippen LogP contribution >= 0.6 is 0 Å². The number of fused-ring (bicyclic) bond motifs is 1. The molecule has 0 amide bonds. The molecule has 20 heavy (non-hydrogen) atoms. The Bertz CT molecular complexity index is 502. The van der Waals surface area contributed by atoms with Gasteiger partial charge < -0.3 is 0 Å². The van der Waals surface area contributed by atoms with E-state index in [4.69, 9.17) is 5.84 Å². The lowest BCUT2D eigenvalue weighted by atomic mass is 9.93. The number of hydrogen-bond donors (Lipinski definition) is 2. The highest BCUT2D eigenvalue weighted by atomic mass is 19.4. The molecule has 1 aromatic rings. The monoisotopic (exact) mass is 284 g/mol. The summed E-state index contributed by atoms with van der Waals surface area (Å²) in [6, 6.07) is 3.94. The topological polar surface area (TPSA) is 38.0 Å². The van der Waals surface area contributed by atoms with Crippen LogP contribution < -0.4 is 11.3 Å². The molecule has 110 valence electrons. The van der Waals surface area contributed by atoms with Gasteiger partial charge in [0.25, 0.3) is 0 Å². The van der Waals surface area contributed by atoms with Gasteiger partial charge in [0.05, 0.1) is 5.56 Å². The maximum atomic E-state index is 12.7. The number of halogens is 3. The first kappa shape index (κ1) is 13.9. The molecular weight excluding hydrogens is 265 g/mol. The molecule has 0 spiro atoms. The first-order valence-electron chi connectivity index (χ1n) is 7.07. The second-order valence-electron chi connectivity index (χ2n) is 6.05. The van der Waals surface area contributed by atoms with E-state index in [1.54, 1.807) is 13.0 Å². The van der Waals surface area contributed by atoms with Crippen LogP contribution in [0.4, 0.5) is 13.2 Å². The normalized spacial score (nSPS) is 30.1. The molecule has 1 aromatic carbocycles. The second-order valence-corrected chi connectivity index (χ2v) is 6.05. The zero-order valence-electron chi connectivity index (χ0n) is 11.4. The van der Waals surface area contributed by atoms with E-state index in [1.165, 1.54) is 25.3 Å².